The molecule has 2 aliphatic rings. The third-order valence-corrected chi connectivity index (χ3v) is 5.35. The number of piperazine rings is 1. The topological polar surface area (TPSA) is 42.0 Å². The molecule has 5 nitrogen and oxygen atoms in total. The summed E-state index contributed by atoms with van der Waals surface area (Å²) in [6, 6.07) is 8.02. The largest absolute Gasteiger partial charge is 0.497 e. The van der Waals surface area contributed by atoms with Crippen LogP contribution in [0.1, 0.15) is 37.7 Å². The highest BCUT2D eigenvalue weighted by molar-refractivity contribution is 5.77. The second-order valence-corrected chi connectivity index (χ2v) is 7.20. The minimum atomic E-state index is 0.201. The van der Waals surface area contributed by atoms with Crippen molar-refractivity contribution in [3.8, 4) is 5.75 Å². The van der Waals surface area contributed by atoms with Crippen LogP contribution in [0.15, 0.2) is 24.3 Å². The first-order valence-corrected chi connectivity index (χ1v) is 9.41. The Bertz CT molecular complexity index is 564. The first-order valence-electron chi connectivity index (χ1n) is 9.41. The van der Waals surface area contributed by atoms with Crippen molar-refractivity contribution in [3.63, 3.8) is 0 Å². The molecule has 0 spiro atoms. The van der Waals surface area contributed by atoms with Crippen molar-refractivity contribution in [1.29, 1.82) is 0 Å². The van der Waals surface area contributed by atoms with Crippen LogP contribution in [0.5, 0.6) is 5.75 Å². The summed E-state index contributed by atoms with van der Waals surface area (Å²) in [7, 11) is 1.67. The molecule has 2 unspecified atom stereocenters. The van der Waals surface area contributed by atoms with E-state index in [9.17, 15) is 4.79 Å². The molecule has 138 valence electrons. The van der Waals surface area contributed by atoms with Gasteiger partial charge in [-0.05, 0) is 36.5 Å². The van der Waals surface area contributed by atoms with Gasteiger partial charge in [-0.15, -0.1) is 0 Å². The predicted molar refractivity (Wildman–Crippen MR) is 98.0 cm³/mol. The van der Waals surface area contributed by atoms with Gasteiger partial charge in [0.2, 0.25) is 5.91 Å². The summed E-state index contributed by atoms with van der Waals surface area (Å²) in [5.74, 6) is 1.30. The maximum absolute atomic E-state index is 12.6. The van der Waals surface area contributed by atoms with Crippen LogP contribution < -0.4 is 4.74 Å². The van der Waals surface area contributed by atoms with Gasteiger partial charge in [0.15, 0.2) is 0 Å². The van der Waals surface area contributed by atoms with Gasteiger partial charge in [0.1, 0.15) is 5.75 Å². The highest BCUT2D eigenvalue weighted by atomic mass is 16.5. The van der Waals surface area contributed by atoms with Crippen LogP contribution in [0.25, 0.3) is 0 Å². The van der Waals surface area contributed by atoms with E-state index in [1.807, 2.05) is 23.1 Å². The molecule has 2 saturated heterocycles. The third-order valence-electron chi connectivity index (χ3n) is 5.35. The van der Waals surface area contributed by atoms with Gasteiger partial charge in [0.05, 0.1) is 13.2 Å². The molecular formula is C20H30N2O3. The molecule has 0 radical (unpaired) electrons. The van der Waals surface area contributed by atoms with Gasteiger partial charge in [0.25, 0.3) is 0 Å². The van der Waals surface area contributed by atoms with Crippen LogP contribution in [-0.2, 0) is 9.53 Å². The molecule has 1 aromatic carbocycles. The number of methoxy groups -OCH3 is 1. The first kappa shape index (κ1) is 18.2. The number of hydrogen-bond acceptors (Lipinski definition) is 4. The predicted octanol–water partition coefficient (Wildman–Crippen LogP) is 2.51. The summed E-state index contributed by atoms with van der Waals surface area (Å²) in [5, 5.41) is 0. The van der Waals surface area contributed by atoms with Crippen molar-refractivity contribution in [2.75, 3.05) is 46.4 Å². The van der Waals surface area contributed by atoms with Crippen LogP contribution in [0, 0.1) is 0 Å². The van der Waals surface area contributed by atoms with E-state index in [1.165, 1.54) is 12.8 Å². The zero-order chi connectivity index (χ0) is 17.6. The van der Waals surface area contributed by atoms with Gasteiger partial charge in [-0.3, -0.25) is 9.69 Å². The second kappa shape index (κ2) is 8.68. The molecule has 2 aliphatic heterocycles. The van der Waals surface area contributed by atoms with Crippen molar-refractivity contribution in [2.24, 2.45) is 0 Å². The molecule has 2 fully saturated rings. The molecule has 2 heterocycles. The highest BCUT2D eigenvalue weighted by Gasteiger charge is 2.25. The number of hydrogen-bond donors (Lipinski definition) is 0. The van der Waals surface area contributed by atoms with E-state index in [0.29, 0.717) is 12.5 Å². The lowest BCUT2D eigenvalue weighted by Crippen LogP contribution is -2.50. The monoisotopic (exact) mass is 346 g/mol. The molecule has 0 bridgehead atoms. The van der Waals surface area contributed by atoms with Crippen LogP contribution in [0.2, 0.25) is 0 Å². The Morgan fingerprint density at radius 3 is 2.80 bits per heavy atom. The van der Waals surface area contributed by atoms with Gasteiger partial charge in [0, 0.05) is 45.8 Å². The van der Waals surface area contributed by atoms with Gasteiger partial charge < -0.3 is 14.4 Å². The van der Waals surface area contributed by atoms with Crippen molar-refractivity contribution in [3.05, 3.63) is 29.8 Å². The van der Waals surface area contributed by atoms with Crippen molar-refractivity contribution in [2.45, 2.75) is 38.2 Å². The maximum atomic E-state index is 12.6. The standard InChI is InChI=1S/C20H30N2O3/c1-16(17-5-3-6-18(14-17)24-2)13-20(23)22-10-8-21(9-11-22)15-19-7-4-12-25-19/h3,5-6,14,16,19H,4,7-13,15H2,1-2H3. The summed E-state index contributed by atoms with van der Waals surface area (Å²) in [6.45, 7) is 7.61. The fraction of sp³-hybridized carbons (Fsp3) is 0.650. The fourth-order valence-electron chi connectivity index (χ4n) is 3.71. The van der Waals surface area contributed by atoms with E-state index in [-0.39, 0.29) is 11.8 Å². The van der Waals surface area contributed by atoms with Gasteiger partial charge in [-0.25, -0.2) is 0 Å². The summed E-state index contributed by atoms with van der Waals surface area (Å²) in [5.41, 5.74) is 1.16. The normalized spacial score (nSPS) is 22.8. The Kier molecular flexibility index (Phi) is 6.32. The van der Waals surface area contributed by atoms with E-state index in [0.717, 1.165) is 50.6 Å². The van der Waals surface area contributed by atoms with Gasteiger partial charge in [-0.1, -0.05) is 19.1 Å². The van der Waals surface area contributed by atoms with Crippen LogP contribution in [0.4, 0.5) is 0 Å². The number of rotatable bonds is 6. The lowest BCUT2D eigenvalue weighted by atomic mass is 9.97. The van der Waals surface area contributed by atoms with Crippen LogP contribution >= 0.6 is 0 Å². The number of amides is 1. The van der Waals surface area contributed by atoms with Crippen LogP contribution in [-0.4, -0.2) is 68.3 Å². The van der Waals surface area contributed by atoms with Crippen molar-refractivity contribution < 1.29 is 14.3 Å². The molecule has 25 heavy (non-hydrogen) atoms. The number of nitrogens with zero attached hydrogens (tertiary/aromatic N) is 2. The second-order valence-electron chi connectivity index (χ2n) is 7.20. The number of carbonyl (C=O) groups is 1. The number of benzene rings is 1. The minimum Gasteiger partial charge on any atom is -0.497 e. The molecule has 0 saturated carbocycles. The Hall–Kier alpha value is -1.59. The minimum absolute atomic E-state index is 0.201. The Morgan fingerprint density at radius 1 is 1.32 bits per heavy atom. The van der Waals surface area contributed by atoms with E-state index in [4.69, 9.17) is 9.47 Å². The fourth-order valence-corrected chi connectivity index (χ4v) is 3.71. The molecular weight excluding hydrogens is 316 g/mol. The Labute approximate surface area is 150 Å². The summed E-state index contributed by atoms with van der Waals surface area (Å²) in [6.07, 6.45) is 3.32. The zero-order valence-electron chi connectivity index (χ0n) is 15.4. The SMILES string of the molecule is COc1cccc(C(C)CC(=O)N2CCN(CC3CCCO3)CC2)c1. The van der Waals surface area contributed by atoms with Crippen molar-refractivity contribution >= 4 is 5.91 Å². The maximum Gasteiger partial charge on any atom is 0.223 e. The quantitative estimate of drug-likeness (QED) is 0.794. The van der Waals surface area contributed by atoms with E-state index < -0.39 is 0 Å². The molecule has 1 amide bonds. The molecule has 1 aromatic rings. The molecule has 0 aromatic heterocycles. The lowest BCUT2D eigenvalue weighted by molar-refractivity contribution is -0.133. The Balaban J connectivity index is 1.45. The van der Waals surface area contributed by atoms with E-state index in [1.54, 1.807) is 7.11 Å². The molecule has 0 N–H and O–H groups in total. The molecule has 0 aliphatic carbocycles. The summed E-state index contributed by atoms with van der Waals surface area (Å²) >= 11 is 0. The number of ether oxygens (including phenoxy) is 2. The Morgan fingerprint density at radius 2 is 2.12 bits per heavy atom. The third kappa shape index (κ3) is 4.95. The molecule has 3 rings (SSSR count). The number of carbonyl (C=O) groups excluding carboxylic acids is 1. The smallest absolute Gasteiger partial charge is 0.223 e. The van der Waals surface area contributed by atoms with Crippen LogP contribution in [0.3, 0.4) is 0 Å². The lowest BCUT2D eigenvalue weighted by Gasteiger charge is -2.36. The van der Waals surface area contributed by atoms with Gasteiger partial charge >= 0.3 is 0 Å². The van der Waals surface area contributed by atoms with E-state index in [2.05, 4.69) is 17.9 Å². The van der Waals surface area contributed by atoms with Gasteiger partial charge in [-0.2, -0.15) is 0 Å². The molecule has 2 atom stereocenters. The average molecular weight is 346 g/mol. The zero-order valence-corrected chi connectivity index (χ0v) is 15.4. The average Bonchev–Trinajstić information content (AvgIpc) is 3.15. The summed E-state index contributed by atoms with van der Waals surface area (Å²) < 4.78 is 11.0. The molecule has 5 heteroatoms. The van der Waals surface area contributed by atoms with E-state index >= 15 is 0 Å². The summed E-state index contributed by atoms with van der Waals surface area (Å²) in [4.78, 5) is 17.1. The first-order chi connectivity index (χ1) is 12.2. The van der Waals surface area contributed by atoms with Crippen molar-refractivity contribution in [1.82, 2.24) is 9.80 Å². The highest BCUT2D eigenvalue weighted by Crippen LogP contribution is 2.24.